The zero-order valence-corrected chi connectivity index (χ0v) is 38.2. The number of carbonyl (C=O) groups is 3. The van der Waals surface area contributed by atoms with Crippen molar-refractivity contribution in [3.63, 3.8) is 0 Å². The molecule has 9 rings (SSSR count). The van der Waals surface area contributed by atoms with Gasteiger partial charge in [-0.3, -0.25) is 28.5 Å². The van der Waals surface area contributed by atoms with E-state index in [0.29, 0.717) is 70.6 Å². The predicted octanol–water partition coefficient (Wildman–Crippen LogP) is 3.53. The number of likely N-dealkylation sites (N-methyl/N-ethyl adjacent to an activating group) is 1. The first-order valence-corrected chi connectivity index (χ1v) is 23.3. The molecule has 1 spiro atoms. The van der Waals surface area contributed by atoms with Crippen LogP contribution in [0.5, 0.6) is 5.75 Å². The number of para-hydroxylation sites is 1. The summed E-state index contributed by atoms with van der Waals surface area (Å²) in [6.45, 7) is 8.60. The van der Waals surface area contributed by atoms with Crippen LogP contribution in [-0.4, -0.2) is 151 Å². The average molecular weight is 909 g/mol. The third kappa shape index (κ3) is 6.93. The van der Waals surface area contributed by atoms with Crippen molar-refractivity contribution in [1.29, 1.82) is 0 Å². The van der Waals surface area contributed by atoms with E-state index in [1.165, 1.54) is 21.1 Å². The van der Waals surface area contributed by atoms with Crippen LogP contribution in [0, 0.1) is 11.3 Å². The summed E-state index contributed by atoms with van der Waals surface area (Å²) in [5.74, 6) is -2.80. The monoisotopic (exact) mass is 908 g/mol. The van der Waals surface area contributed by atoms with E-state index in [2.05, 4.69) is 39.1 Å². The fourth-order valence-corrected chi connectivity index (χ4v) is 13.4. The molecule has 0 amide bonds. The smallest absolute Gasteiger partial charge is 0.394 e. The van der Waals surface area contributed by atoms with Crippen LogP contribution in [0.15, 0.2) is 48.6 Å². The van der Waals surface area contributed by atoms with Gasteiger partial charge in [0.05, 0.1) is 33.0 Å². The van der Waals surface area contributed by atoms with Gasteiger partial charge in [0.1, 0.15) is 11.7 Å². The number of carbonyl (C=O) groups excluding carboxylic acids is 3. The summed E-state index contributed by atoms with van der Waals surface area (Å²) in [7, 11) is 1.54. The Kier molecular flexibility index (Phi) is 11.8. The Morgan fingerprint density at radius 3 is 2.34 bits per heavy atom. The lowest BCUT2D eigenvalue weighted by molar-refractivity contribution is -0.228. The molecule has 3 fully saturated rings. The number of aliphatic hydroxyl groups is 2. The zero-order chi connectivity index (χ0) is 46.3. The third-order valence-electron chi connectivity index (χ3n) is 15.6. The molecular weight excluding hydrogens is 849 g/mol. The second-order valence-electron chi connectivity index (χ2n) is 18.6. The highest BCUT2D eigenvalue weighted by atomic mass is 32.3. The summed E-state index contributed by atoms with van der Waals surface area (Å²) >= 11 is 0. The molecule has 6 heterocycles. The Balaban J connectivity index is 0.00000106. The lowest BCUT2D eigenvalue weighted by Gasteiger charge is -2.63. The second-order valence-corrected chi connectivity index (χ2v) is 19.4. The van der Waals surface area contributed by atoms with Crippen LogP contribution in [0.4, 0.5) is 5.69 Å². The van der Waals surface area contributed by atoms with Crippen LogP contribution in [0.2, 0.25) is 0 Å². The molecule has 6 aliphatic rings. The predicted molar refractivity (Wildman–Crippen MR) is 235 cm³/mol. The van der Waals surface area contributed by atoms with Crippen molar-refractivity contribution < 1.29 is 61.1 Å². The van der Waals surface area contributed by atoms with E-state index in [9.17, 15) is 24.6 Å². The van der Waals surface area contributed by atoms with Gasteiger partial charge >= 0.3 is 28.3 Å². The van der Waals surface area contributed by atoms with Crippen LogP contribution < -0.4 is 9.64 Å². The van der Waals surface area contributed by atoms with Gasteiger partial charge in [0.25, 0.3) is 0 Å². The van der Waals surface area contributed by atoms with Gasteiger partial charge < -0.3 is 39.0 Å². The molecule has 18 heteroatoms. The first kappa shape index (κ1) is 46.0. The number of piperidine rings is 1. The second kappa shape index (κ2) is 16.4. The summed E-state index contributed by atoms with van der Waals surface area (Å²) in [6.07, 6.45) is 5.66. The minimum absolute atomic E-state index is 0.200. The van der Waals surface area contributed by atoms with Crippen molar-refractivity contribution in [2.24, 2.45) is 11.3 Å². The molecule has 5 N–H and O–H groups in total. The molecule has 11 atom stereocenters. The summed E-state index contributed by atoms with van der Waals surface area (Å²) in [5, 5.41) is 26.6. The molecule has 0 radical (unpaired) electrons. The largest absolute Gasteiger partial charge is 0.496 e. The highest BCUT2D eigenvalue weighted by Crippen LogP contribution is 2.68. The quantitative estimate of drug-likeness (QED) is 0.0989. The molecule has 17 nitrogen and oxygen atoms in total. The van der Waals surface area contributed by atoms with Crippen molar-refractivity contribution in [1.82, 2.24) is 14.8 Å². The minimum Gasteiger partial charge on any atom is -0.496 e. The van der Waals surface area contributed by atoms with Crippen LogP contribution in [0.3, 0.4) is 0 Å². The van der Waals surface area contributed by atoms with Crippen molar-refractivity contribution in [2.75, 3.05) is 66.0 Å². The molecule has 64 heavy (non-hydrogen) atoms. The summed E-state index contributed by atoms with van der Waals surface area (Å²) in [6, 6.07) is 11.2. The van der Waals surface area contributed by atoms with Gasteiger partial charge in [0.15, 0.2) is 6.10 Å². The van der Waals surface area contributed by atoms with E-state index in [0.717, 1.165) is 39.0 Å². The lowest BCUT2D eigenvalue weighted by Crippen LogP contribution is -2.81. The lowest BCUT2D eigenvalue weighted by atomic mass is 9.47. The van der Waals surface area contributed by atoms with Crippen molar-refractivity contribution in [3.8, 4) is 5.75 Å². The number of rotatable bonds is 7. The van der Waals surface area contributed by atoms with E-state index in [1.54, 1.807) is 7.11 Å². The van der Waals surface area contributed by atoms with Gasteiger partial charge in [-0.2, -0.15) is 8.42 Å². The maximum atomic E-state index is 14.7. The molecule has 1 aliphatic carbocycles. The van der Waals surface area contributed by atoms with E-state index in [1.807, 2.05) is 50.1 Å². The van der Waals surface area contributed by atoms with Crippen LogP contribution >= 0.6 is 0 Å². The molecule has 3 aromatic rings. The van der Waals surface area contributed by atoms with Gasteiger partial charge in [-0.05, 0) is 73.4 Å². The number of aromatic amines is 1. The third-order valence-corrected chi connectivity index (χ3v) is 15.6. The fraction of sp³-hybridized carbons (Fsp3) is 0.587. The molecule has 5 aliphatic heterocycles. The van der Waals surface area contributed by atoms with E-state index < -0.39 is 68.4 Å². The molecular formula is C46H60N4O13S. The Labute approximate surface area is 373 Å². The van der Waals surface area contributed by atoms with Crippen LogP contribution in [0.1, 0.15) is 80.7 Å². The average Bonchev–Trinajstić information content (AvgIpc) is 3.91. The number of fused-ring (bicyclic) bond motifs is 6. The van der Waals surface area contributed by atoms with Crippen molar-refractivity contribution in [2.45, 2.75) is 99.5 Å². The molecule has 348 valence electrons. The molecule has 1 unspecified atom stereocenters. The van der Waals surface area contributed by atoms with Gasteiger partial charge in [0.2, 0.25) is 5.60 Å². The highest BCUT2D eigenvalue weighted by molar-refractivity contribution is 7.79. The number of nitrogens with one attached hydrogen (secondary N) is 1. The highest BCUT2D eigenvalue weighted by Gasteiger charge is 2.80. The van der Waals surface area contributed by atoms with Crippen LogP contribution in [-0.2, 0) is 50.8 Å². The number of hydrogen-bond donors (Lipinski definition) is 5. The van der Waals surface area contributed by atoms with Gasteiger partial charge in [-0.25, -0.2) is 4.79 Å². The van der Waals surface area contributed by atoms with E-state index in [4.69, 9.17) is 36.5 Å². The molecule has 1 saturated carbocycles. The maximum Gasteiger partial charge on any atom is 0.394 e. The van der Waals surface area contributed by atoms with Crippen molar-refractivity contribution >= 4 is 44.9 Å². The zero-order valence-electron chi connectivity index (χ0n) is 37.4. The van der Waals surface area contributed by atoms with Gasteiger partial charge in [0, 0.05) is 91.3 Å². The Bertz CT molecular complexity index is 2490. The number of hydrogen-bond acceptors (Lipinski definition) is 14. The first-order chi connectivity index (χ1) is 30.3. The minimum atomic E-state index is -4.67. The number of H-pyrrole nitrogens is 1. The van der Waals surface area contributed by atoms with Gasteiger partial charge in [-0.1, -0.05) is 44.2 Å². The molecule has 2 bridgehead atoms. The number of ether oxygens (including phenoxy) is 4. The Morgan fingerprint density at radius 1 is 0.984 bits per heavy atom. The standard InChI is InChI=1S/C46H58N4O9.H2O4S/c1-8-43(54)23-27-24-49(25-43)19-15-29-28-13-10-11-14-32(28)47-37(29)36(38(52)57-6)35(27)30-21-31-33(22-34(30)56-5)48(4)40-45(31)17-20-50-18-12-16-44(9-2,39(45)50)41(59-26(3)51)46(40,55)42(53)58-7;1-5(2,3)4/h10-14,16,21-22,27,35-36,39-41,47,54-55H,8-9,15,17-20,23-25H2,1-7H3;(H2,1,2,3,4)/t27-,35+,36+,39-,40+,41+,43-,44+,45+,46-;/m0./s1. The maximum absolute atomic E-state index is 14.7. The molecule has 2 aromatic carbocycles. The number of esters is 3. The molecule has 2 saturated heterocycles. The van der Waals surface area contributed by atoms with E-state index in [-0.39, 0.29) is 17.9 Å². The number of aromatic nitrogens is 1. The summed E-state index contributed by atoms with van der Waals surface area (Å²) in [5.41, 5.74) is 0.247. The summed E-state index contributed by atoms with van der Waals surface area (Å²) < 4.78 is 55.3. The normalized spacial score (nSPS) is 35.0. The number of anilines is 1. The summed E-state index contributed by atoms with van der Waals surface area (Å²) in [4.78, 5) is 52.5. The fourth-order valence-electron chi connectivity index (χ4n) is 13.4. The Morgan fingerprint density at radius 2 is 1.70 bits per heavy atom. The first-order valence-electron chi connectivity index (χ1n) is 21.9. The number of benzene rings is 2. The van der Waals surface area contributed by atoms with Gasteiger partial charge in [-0.15, -0.1) is 0 Å². The topological polar surface area (TPSA) is 229 Å². The SMILES string of the molecule is CC[C@]1(O)C[C@H]2CN(CCc3c([nH]c4ccccc34)[C@H](C(=O)OC)[C@H]2c2cc3c(cc2OC)N(C)[C@H]2[C@@](O)(C(=O)OC)[C@H](OC(C)=O)[C@]4(CC)C=CCN5CC[C@]32[C@@H]54)C1.O=S(=O)(O)O. The Hall–Kier alpha value is -4.56. The number of nitrogens with zero attached hydrogens (tertiary/aromatic N) is 3. The number of methoxy groups -OCH3 is 3. The van der Waals surface area contributed by atoms with E-state index >= 15 is 0 Å². The van der Waals surface area contributed by atoms with Crippen LogP contribution in [0.25, 0.3) is 10.9 Å². The molecule has 1 aromatic heterocycles. The van der Waals surface area contributed by atoms with Crippen molar-refractivity contribution in [3.05, 3.63) is 70.9 Å².